The van der Waals surface area contributed by atoms with E-state index < -0.39 is 17.2 Å². The number of nitrogens with one attached hydrogen (secondary N) is 2. The zero-order valence-electron chi connectivity index (χ0n) is 17.2. The van der Waals surface area contributed by atoms with E-state index >= 15 is 0 Å². The van der Waals surface area contributed by atoms with E-state index in [2.05, 4.69) is 32.4 Å². The third kappa shape index (κ3) is 5.80. The van der Waals surface area contributed by atoms with Crippen LogP contribution in [0.15, 0.2) is 24.3 Å². The van der Waals surface area contributed by atoms with Crippen LogP contribution >= 0.6 is 0 Å². The predicted octanol–water partition coefficient (Wildman–Crippen LogP) is 4.05. The van der Waals surface area contributed by atoms with Crippen molar-refractivity contribution in [3.8, 4) is 11.8 Å². The highest BCUT2D eigenvalue weighted by Gasteiger charge is 2.30. The minimum atomic E-state index is -4.41. The van der Waals surface area contributed by atoms with E-state index in [1.165, 1.54) is 26.0 Å². The number of aryl methyl sites for hydroxylation is 1. The van der Waals surface area contributed by atoms with Gasteiger partial charge >= 0.3 is 6.18 Å². The van der Waals surface area contributed by atoms with Gasteiger partial charge in [-0.3, -0.25) is 14.9 Å². The summed E-state index contributed by atoms with van der Waals surface area (Å²) in [5.41, 5.74) is -0.161. The molecular weight excluding hydrogens is 397 g/mol. The average Bonchev–Trinajstić information content (AvgIpc) is 2.59. The van der Waals surface area contributed by atoms with E-state index in [9.17, 15) is 22.8 Å². The number of hydrogen-bond acceptors (Lipinski definition) is 4. The number of halogens is 3. The van der Waals surface area contributed by atoms with Gasteiger partial charge in [0.05, 0.1) is 22.2 Å². The van der Waals surface area contributed by atoms with Gasteiger partial charge in [0.1, 0.15) is 0 Å². The Morgan fingerprint density at radius 1 is 0.933 bits per heavy atom. The number of aromatic nitrogens is 2. The molecule has 0 atom stereocenters. The van der Waals surface area contributed by atoms with Crippen molar-refractivity contribution in [2.45, 2.75) is 46.2 Å². The molecule has 0 aliphatic carbocycles. The molecule has 0 radical (unpaired) electrons. The molecule has 0 aliphatic rings. The zero-order valence-corrected chi connectivity index (χ0v) is 17.2. The second kappa shape index (κ2) is 8.53. The summed E-state index contributed by atoms with van der Waals surface area (Å²) >= 11 is 0. The first-order valence-corrected chi connectivity index (χ1v) is 8.94. The molecule has 1 aromatic heterocycles. The third-order valence-electron chi connectivity index (χ3n) is 4.11. The second-order valence-corrected chi connectivity index (χ2v) is 7.17. The van der Waals surface area contributed by atoms with Crippen LogP contribution in [-0.4, -0.2) is 21.8 Å². The predicted molar refractivity (Wildman–Crippen MR) is 107 cm³/mol. The smallest absolute Gasteiger partial charge is 0.310 e. The van der Waals surface area contributed by atoms with Crippen LogP contribution in [0.4, 0.5) is 24.9 Å². The summed E-state index contributed by atoms with van der Waals surface area (Å²) in [6, 6.07) is 4.79. The Morgan fingerprint density at radius 3 is 1.97 bits per heavy atom. The molecule has 2 rings (SSSR count). The van der Waals surface area contributed by atoms with E-state index in [1.807, 2.05) is 0 Å². The molecule has 0 fully saturated rings. The summed E-state index contributed by atoms with van der Waals surface area (Å²) in [4.78, 5) is 31.1. The first-order valence-electron chi connectivity index (χ1n) is 8.94. The van der Waals surface area contributed by atoms with Crippen LogP contribution in [0.1, 0.15) is 50.1 Å². The molecule has 0 saturated heterocycles. The fourth-order valence-corrected chi connectivity index (χ4v) is 2.56. The van der Waals surface area contributed by atoms with Crippen LogP contribution in [0.3, 0.4) is 0 Å². The van der Waals surface area contributed by atoms with Crippen molar-refractivity contribution in [2.75, 3.05) is 10.6 Å². The Bertz CT molecular complexity index is 1030. The fraction of sp³-hybridized carbons (Fsp3) is 0.333. The van der Waals surface area contributed by atoms with Crippen molar-refractivity contribution in [1.82, 2.24) is 9.97 Å². The van der Waals surface area contributed by atoms with Gasteiger partial charge in [-0.1, -0.05) is 24.0 Å². The number of alkyl halides is 3. The van der Waals surface area contributed by atoms with E-state index in [4.69, 9.17) is 0 Å². The maximum atomic E-state index is 12.8. The van der Waals surface area contributed by atoms with Crippen LogP contribution in [0.25, 0.3) is 0 Å². The highest BCUT2D eigenvalue weighted by atomic mass is 19.4. The lowest BCUT2D eigenvalue weighted by Crippen LogP contribution is -2.17. The summed E-state index contributed by atoms with van der Waals surface area (Å²) in [6.45, 7) is 7.79. The first-order chi connectivity index (χ1) is 13.8. The summed E-state index contributed by atoms with van der Waals surface area (Å²) < 4.78 is 38.4. The van der Waals surface area contributed by atoms with E-state index in [-0.39, 0.29) is 23.6 Å². The fourth-order valence-electron chi connectivity index (χ4n) is 2.56. The van der Waals surface area contributed by atoms with Crippen molar-refractivity contribution in [3.05, 3.63) is 46.6 Å². The zero-order chi connectivity index (χ0) is 22.7. The summed E-state index contributed by atoms with van der Waals surface area (Å²) in [7, 11) is 0. The van der Waals surface area contributed by atoms with Crippen LogP contribution in [0.2, 0.25) is 0 Å². The molecule has 2 aromatic rings. The monoisotopic (exact) mass is 418 g/mol. The van der Waals surface area contributed by atoms with E-state index in [1.54, 1.807) is 20.8 Å². The summed E-state index contributed by atoms with van der Waals surface area (Å²) in [6.07, 6.45) is -4.41. The van der Waals surface area contributed by atoms with Gasteiger partial charge in [0.25, 0.3) is 0 Å². The second-order valence-electron chi connectivity index (χ2n) is 7.17. The molecule has 2 N–H and O–H groups in total. The van der Waals surface area contributed by atoms with Gasteiger partial charge in [0, 0.05) is 13.8 Å². The maximum absolute atomic E-state index is 12.8. The number of anilines is 2. The highest BCUT2D eigenvalue weighted by Crippen LogP contribution is 2.31. The molecular formula is C21H21F3N4O2. The topological polar surface area (TPSA) is 84.0 Å². The molecule has 158 valence electrons. The molecule has 0 aliphatic heterocycles. The normalized spacial score (nSPS) is 11.3. The van der Waals surface area contributed by atoms with Crippen molar-refractivity contribution in [1.29, 1.82) is 0 Å². The molecule has 2 amide bonds. The Morgan fingerprint density at radius 2 is 1.47 bits per heavy atom. The molecule has 0 spiro atoms. The molecule has 0 saturated carbocycles. The maximum Gasteiger partial charge on any atom is 0.416 e. The van der Waals surface area contributed by atoms with Gasteiger partial charge in [0.15, 0.2) is 5.82 Å². The lowest BCUT2D eigenvalue weighted by molar-refractivity contribution is -0.137. The number of amides is 2. The van der Waals surface area contributed by atoms with Gasteiger partial charge in [0.2, 0.25) is 17.8 Å². The molecule has 6 nitrogen and oxygen atoms in total. The van der Waals surface area contributed by atoms with Gasteiger partial charge in [-0.05, 0) is 38.5 Å². The van der Waals surface area contributed by atoms with Gasteiger partial charge in [-0.25, -0.2) is 4.98 Å². The van der Waals surface area contributed by atoms with Gasteiger partial charge in [-0.2, -0.15) is 18.2 Å². The standard InChI is InChI=1S/C21H21F3N4O2/c1-12-17(18(26-13(2)29)28-19(25-12)27-14(3)30)10-11-20(4,5)15-6-8-16(9-7-15)21(22,23)24/h6-9H,1-5H3,(H2,25,26,27,28,29,30). The summed E-state index contributed by atoms with van der Waals surface area (Å²) in [5.74, 6) is 5.35. The molecule has 9 heteroatoms. The minimum absolute atomic E-state index is 0.0244. The number of hydrogen-bond donors (Lipinski definition) is 2. The Kier molecular flexibility index (Phi) is 6.50. The van der Waals surface area contributed by atoms with Gasteiger partial charge in [-0.15, -0.1) is 0 Å². The van der Waals surface area contributed by atoms with Crippen LogP contribution < -0.4 is 10.6 Å². The molecule has 1 aromatic carbocycles. The van der Waals surface area contributed by atoms with Crippen LogP contribution in [0.5, 0.6) is 0 Å². The lowest BCUT2D eigenvalue weighted by atomic mass is 9.84. The molecule has 0 bridgehead atoms. The van der Waals surface area contributed by atoms with Crippen molar-refractivity contribution in [2.24, 2.45) is 0 Å². The number of carbonyl (C=O) groups is 2. The molecule has 30 heavy (non-hydrogen) atoms. The average molecular weight is 418 g/mol. The molecule has 1 heterocycles. The quantitative estimate of drug-likeness (QED) is 0.737. The van der Waals surface area contributed by atoms with Crippen molar-refractivity contribution < 1.29 is 22.8 Å². The molecule has 0 unspecified atom stereocenters. The number of benzene rings is 1. The number of carbonyl (C=O) groups excluding carboxylic acids is 2. The van der Waals surface area contributed by atoms with Crippen molar-refractivity contribution >= 4 is 23.6 Å². The number of nitrogens with zero attached hydrogens (tertiary/aromatic N) is 2. The lowest BCUT2D eigenvalue weighted by Gasteiger charge is -2.19. The first kappa shape index (κ1) is 22.9. The third-order valence-corrected chi connectivity index (χ3v) is 4.11. The SMILES string of the molecule is CC(=O)Nc1nc(C)c(C#CC(C)(C)c2ccc(C(F)(F)F)cc2)c(NC(C)=O)n1. The van der Waals surface area contributed by atoms with Crippen LogP contribution in [-0.2, 0) is 21.2 Å². The summed E-state index contributed by atoms with van der Waals surface area (Å²) in [5, 5.41) is 5.01. The van der Waals surface area contributed by atoms with E-state index in [0.717, 1.165) is 12.1 Å². The Balaban J connectivity index is 2.45. The highest BCUT2D eigenvalue weighted by molar-refractivity contribution is 5.90. The van der Waals surface area contributed by atoms with E-state index in [0.29, 0.717) is 16.8 Å². The Hall–Kier alpha value is -3.41. The van der Waals surface area contributed by atoms with Gasteiger partial charge < -0.3 is 5.32 Å². The Labute approximate surface area is 172 Å². The van der Waals surface area contributed by atoms with Crippen molar-refractivity contribution in [3.63, 3.8) is 0 Å². The minimum Gasteiger partial charge on any atom is -0.310 e. The van der Waals surface area contributed by atoms with Crippen LogP contribution in [0, 0.1) is 18.8 Å². The number of rotatable bonds is 3. The largest absolute Gasteiger partial charge is 0.416 e.